The maximum Gasteiger partial charge on any atom is 0.245 e. The topological polar surface area (TPSA) is 66.5 Å². The Morgan fingerprint density at radius 1 is 1.00 bits per heavy atom. The van der Waals surface area contributed by atoms with Crippen LogP contribution in [0.4, 0.5) is 14.5 Å². The van der Waals surface area contributed by atoms with Crippen LogP contribution in [0, 0.1) is 11.6 Å². The van der Waals surface area contributed by atoms with Crippen LogP contribution >= 0.6 is 15.9 Å². The minimum Gasteiger partial charge on any atom is -0.306 e. The second-order valence-corrected chi connectivity index (χ2v) is 9.80. The molecule has 0 saturated heterocycles. The van der Waals surface area contributed by atoms with E-state index in [4.69, 9.17) is 0 Å². The first kappa shape index (κ1) is 21.6. The number of amides is 1. The number of hydrogen-bond acceptors (Lipinski definition) is 3. The van der Waals surface area contributed by atoms with Crippen molar-refractivity contribution in [1.29, 1.82) is 0 Å². The first-order valence-electron chi connectivity index (χ1n) is 9.35. The fourth-order valence-electron chi connectivity index (χ4n) is 3.56. The standard InChI is InChI=1S/C22H17BrF2N2O3S/c23-16-6-7-21-15(8-16)9-20(22(28)27(21)13-14-4-2-1-3-5-14)26-31(29,30)19-11-17(24)10-18(25)12-19/h1-8,10-12,20,26H,9,13H2. The van der Waals surface area contributed by atoms with E-state index in [1.807, 2.05) is 42.5 Å². The van der Waals surface area contributed by atoms with Crippen molar-refractivity contribution in [3.05, 3.63) is 94.0 Å². The molecule has 3 aromatic rings. The molecule has 3 aromatic carbocycles. The van der Waals surface area contributed by atoms with Crippen molar-refractivity contribution >= 4 is 37.5 Å². The summed E-state index contributed by atoms with van der Waals surface area (Å²) in [7, 11) is -4.34. The highest BCUT2D eigenvalue weighted by Gasteiger charge is 2.36. The third-order valence-corrected chi connectivity index (χ3v) is 6.89. The Hall–Kier alpha value is -2.62. The largest absolute Gasteiger partial charge is 0.306 e. The molecule has 0 radical (unpaired) electrons. The molecule has 9 heteroatoms. The van der Waals surface area contributed by atoms with Crippen LogP contribution in [0.3, 0.4) is 0 Å². The SMILES string of the molecule is O=C1C(NS(=O)(=O)c2cc(F)cc(F)c2)Cc2cc(Br)ccc2N1Cc1ccccc1. The van der Waals surface area contributed by atoms with Gasteiger partial charge in [-0.05, 0) is 47.9 Å². The molecule has 1 unspecified atom stereocenters. The summed E-state index contributed by atoms with van der Waals surface area (Å²) in [5.41, 5.74) is 2.33. The monoisotopic (exact) mass is 506 g/mol. The second kappa shape index (κ2) is 8.49. The highest BCUT2D eigenvalue weighted by atomic mass is 79.9. The lowest BCUT2D eigenvalue weighted by Crippen LogP contribution is -2.52. The zero-order chi connectivity index (χ0) is 22.2. The van der Waals surface area contributed by atoms with E-state index in [2.05, 4.69) is 20.7 Å². The molecule has 0 fully saturated rings. The van der Waals surface area contributed by atoms with Gasteiger partial charge < -0.3 is 4.90 Å². The van der Waals surface area contributed by atoms with Crippen molar-refractivity contribution in [2.75, 3.05) is 4.90 Å². The minimum atomic E-state index is -4.34. The van der Waals surface area contributed by atoms with Gasteiger partial charge in [0.15, 0.2) is 0 Å². The van der Waals surface area contributed by atoms with E-state index in [1.54, 1.807) is 6.07 Å². The fraction of sp³-hybridized carbons (Fsp3) is 0.136. The predicted molar refractivity (Wildman–Crippen MR) is 116 cm³/mol. The van der Waals surface area contributed by atoms with Gasteiger partial charge in [-0.15, -0.1) is 0 Å². The number of benzene rings is 3. The number of hydrogen-bond donors (Lipinski definition) is 1. The quantitative estimate of drug-likeness (QED) is 0.564. The number of rotatable bonds is 5. The molecule has 0 aliphatic carbocycles. The van der Waals surface area contributed by atoms with Crippen molar-refractivity contribution in [2.24, 2.45) is 0 Å². The summed E-state index contributed by atoms with van der Waals surface area (Å²) in [5, 5.41) is 0. The predicted octanol–water partition coefficient (Wildman–Crippen LogP) is 4.16. The molecular weight excluding hydrogens is 490 g/mol. The van der Waals surface area contributed by atoms with Gasteiger partial charge in [-0.3, -0.25) is 4.79 Å². The smallest absolute Gasteiger partial charge is 0.245 e. The van der Waals surface area contributed by atoms with Crippen molar-refractivity contribution < 1.29 is 22.0 Å². The number of nitrogens with one attached hydrogen (secondary N) is 1. The summed E-state index contributed by atoms with van der Waals surface area (Å²) in [6.45, 7) is 0.251. The maximum atomic E-state index is 13.5. The van der Waals surface area contributed by atoms with Crippen LogP contribution in [0.15, 0.2) is 76.1 Å². The van der Waals surface area contributed by atoms with Crippen LogP contribution in [-0.2, 0) is 27.8 Å². The number of halogens is 3. The van der Waals surface area contributed by atoms with E-state index >= 15 is 0 Å². The Morgan fingerprint density at radius 2 is 1.68 bits per heavy atom. The van der Waals surface area contributed by atoms with Crippen molar-refractivity contribution in [3.63, 3.8) is 0 Å². The lowest BCUT2D eigenvalue weighted by Gasteiger charge is -2.34. The first-order valence-corrected chi connectivity index (χ1v) is 11.6. The highest BCUT2D eigenvalue weighted by molar-refractivity contribution is 9.10. The summed E-state index contributed by atoms with van der Waals surface area (Å²) >= 11 is 3.40. The van der Waals surface area contributed by atoms with Gasteiger partial charge in [0.2, 0.25) is 15.9 Å². The zero-order valence-electron chi connectivity index (χ0n) is 16.1. The van der Waals surface area contributed by atoms with Gasteiger partial charge in [-0.25, -0.2) is 17.2 Å². The number of fused-ring (bicyclic) bond motifs is 1. The van der Waals surface area contributed by atoms with Crippen molar-refractivity contribution in [1.82, 2.24) is 4.72 Å². The molecule has 0 saturated carbocycles. The normalized spacial score (nSPS) is 16.3. The Kier molecular flexibility index (Phi) is 5.92. The van der Waals surface area contributed by atoms with E-state index in [0.29, 0.717) is 23.9 Å². The van der Waals surface area contributed by atoms with Crippen LogP contribution in [0.2, 0.25) is 0 Å². The number of carbonyl (C=O) groups excluding carboxylic acids is 1. The van der Waals surface area contributed by atoms with Crippen molar-refractivity contribution in [3.8, 4) is 0 Å². The maximum absolute atomic E-state index is 13.5. The molecule has 0 aromatic heterocycles. The van der Waals surface area contributed by atoms with Crippen LogP contribution in [-0.4, -0.2) is 20.4 Å². The fourth-order valence-corrected chi connectivity index (χ4v) is 5.19. The first-order chi connectivity index (χ1) is 14.7. The van der Waals surface area contributed by atoms with Crippen LogP contribution in [0.25, 0.3) is 0 Å². The van der Waals surface area contributed by atoms with Gasteiger partial charge in [-0.2, -0.15) is 4.72 Å². The van der Waals surface area contributed by atoms with Crippen LogP contribution in [0.1, 0.15) is 11.1 Å². The summed E-state index contributed by atoms with van der Waals surface area (Å²) in [6, 6.07) is 15.6. The van der Waals surface area contributed by atoms with Gasteiger partial charge >= 0.3 is 0 Å². The van der Waals surface area contributed by atoms with E-state index in [-0.39, 0.29) is 13.0 Å². The van der Waals surface area contributed by atoms with E-state index < -0.39 is 38.5 Å². The molecule has 1 heterocycles. The number of nitrogens with zero attached hydrogens (tertiary/aromatic N) is 1. The van der Waals surface area contributed by atoms with E-state index in [1.165, 1.54) is 4.90 Å². The molecular formula is C22H17BrF2N2O3S. The zero-order valence-corrected chi connectivity index (χ0v) is 18.5. The third kappa shape index (κ3) is 4.68. The molecule has 31 heavy (non-hydrogen) atoms. The van der Waals surface area contributed by atoms with Gasteiger partial charge in [-0.1, -0.05) is 46.3 Å². The molecule has 1 N–H and O–H groups in total. The van der Waals surface area contributed by atoms with Crippen LogP contribution in [0.5, 0.6) is 0 Å². The summed E-state index contributed by atoms with van der Waals surface area (Å²) in [5.74, 6) is -2.48. The number of carbonyl (C=O) groups is 1. The van der Waals surface area contributed by atoms with Gasteiger partial charge in [0.25, 0.3) is 0 Å². The lowest BCUT2D eigenvalue weighted by atomic mass is 9.97. The average Bonchev–Trinajstić information content (AvgIpc) is 2.71. The lowest BCUT2D eigenvalue weighted by molar-refractivity contribution is -0.120. The number of anilines is 1. The molecule has 1 amide bonds. The Bertz CT molecular complexity index is 1230. The molecule has 0 bridgehead atoms. The number of sulfonamides is 1. The van der Waals surface area contributed by atoms with E-state index in [9.17, 15) is 22.0 Å². The molecule has 4 rings (SSSR count). The Balaban J connectivity index is 1.69. The molecule has 1 atom stereocenters. The Labute approximate surface area is 186 Å². The summed E-state index contributed by atoms with van der Waals surface area (Å²) in [6.07, 6.45) is 0.107. The Morgan fingerprint density at radius 3 is 2.35 bits per heavy atom. The molecule has 160 valence electrons. The molecule has 1 aliphatic heterocycles. The highest BCUT2D eigenvalue weighted by Crippen LogP contribution is 2.32. The average molecular weight is 507 g/mol. The third-order valence-electron chi connectivity index (χ3n) is 4.95. The molecule has 0 spiro atoms. The minimum absolute atomic E-state index is 0.107. The molecule has 5 nitrogen and oxygen atoms in total. The second-order valence-electron chi connectivity index (χ2n) is 7.17. The summed E-state index contributed by atoms with van der Waals surface area (Å²) < 4.78 is 55.7. The van der Waals surface area contributed by atoms with E-state index in [0.717, 1.165) is 15.6 Å². The van der Waals surface area contributed by atoms with Gasteiger partial charge in [0.1, 0.15) is 17.7 Å². The summed E-state index contributed by atoms with van der Waals surface area (Å²) in [4.78, 5) is 14.2. The van der Waals surface area contributed by atoms with Crippen LogP contribution < -0.4 is 9.62 Å². The molecule has 1 aliphatic rings. The van der Waals surface area contributed by atoms with Crippen molar-refractivity contribution in [2.45, 2.75) is 23.9 Å². The van der Waals surface area contributed by atoms with Gasteiger partial charge in [0.05, 0.1) is 11.4 Å². The van der Waals surface area contributed by atoms with Gasteiger partial charge in [0, 0.05) is 16.2 Å².